The van der Waals surface area contributed by atoms with Gasteiger partial charge >= 0.3 is 0 Å². The van der Waals surface area contributed by atoms with Crippen LogP contribution in [0.2, 0.25) is 0 Å². The van der Waals surface area contributed by atoms with Gasteiger partial charge in [0, 0.05) is 25.2 Å². The van der Waals surface area contributed by atoms with Crippen LogP contribution in [-0.2, 0) is 0 Å². The fourth-order valence-corrected chi connectivity index (χ4v) is 1.97. The highest BCUT2D eigenvalue weighted by atomic mass is 15.5. The molecule has 1 N–H and O–H groups in total. The summed E-state index contributed by atoms with van der Waals surface area (Å²) in [5.74, 6) is 0. The van der Waals surface area contributed by atoms with Gasteiger partial charge in [-0.2, -0.15) is 5.10 Å². The SMILES string of the molecule is CN1CC2(C=N1)CCNCC2. The summed E-state index contributed by atoms with van der Waals surface area (Å²) >= 11 is 0. The molecule has 0 atom stereocenters. The average molecular weight is 153 g/mol. The first-order valence-corrected chi connectivity index (χ1v) is 4.28. The minimum atomic E-state index is 0.417. The number of hydrogen-bond donors (Lipinski definition) is 1. The van der Waals surface area contributed by atoms with Crippen molar-refractivity contribution in [2.24, 2.45) is 10.5 Å². The van der Waals surface area contributed by atoms with Crippen molar-refractivity contribution in [3.8, 4) is 0 Å². The molecule has 2 aliphatic heterocycles. The maximum absolute atomic E-state index is 4.29. The third-order valence-corrected chi connectivity index (χ3v) is 2.67. The highest BCUT2D eigenvalue weighted by molar-refractivity contribution is 5.68. The number of hydrazone groups is 1. The minimum Gasteiger partial charge on any atom is -0.317 e. The fourth-order valence-electron chi connectivity index (χ4n) is 1.97. The molecule has 2 aliphatic rings. The van der Waals surface area contributed by atoms with Crippen LogP contribution in [0.25, 0.3) is 0 Å². The molecule has 1 spiro atoms. The van der Waals surface area contributed by atoms with Gasteiger partial charge in [0.05, 0.1) is 0 Å². The van der Waals surface area contributed by atoms with Crippen molar-refractivity contribution in [3.63, 3.8) is 0 Å². The van der Waals surface area contributed by atoms with Gasteiger partial charge in [-0.05, 0) is 25.9 Å². The molecule has 0 aromatic heterocycles. The van der Waals surface area contributed by atoms with Gasteiger partial charge in [-0.3, -0.25) is 5.01 Å². The molecule has 0 aromatic rings. The summed E-state index contributed by atoms with van der Waals surface area (Å²) in [5, 5.41) is 9.71. The molecule has 3 nitrogen and oxygen atoms in total. The maximum atomic E-state index is 4.29. The second-order valence-electron chi connectivity index (χ2n) is 3.67. The van der Waals surface area contributed by atoms with Crippen LogP contribution in [0.3, 0.4) is 0 Å². The Morgan fingerprint density at radius 2 is 2.18 bits per heavy atom. The smallest absolute Gasteiger partial charge is 0.0464 e. The van der Waals surface area contributed by atoms with Crippen molar-refractivity contribution in [2.75, 3.05) is 26.7 Å². The van der Waals surface area contributed by atoms with Crippen LogP contribution >= 0.6 is 0 Å². The maximum Gasteiger partial charge on any atom is 0.0464 e. The first-order valence-electron chi connectivity index (χ1n) is 4.28. The lowest BCUT2D eigenvalue weighted by Gasteiger charge is -2.31. The topological polar surface area (TPSA) is 27.6 Å². The van der Waals surface area contributed by atoms with E-state index in [4.69, 9.17) is 0 Å². The van der Waals surface area contributed by atoms with E-state index in [-0.39, 0.29) is 0 Å². The molecule has 1 saturated heterocycles. The number of rotatable bonds is 0. The summed E-state index contributed by atoms with van der Waals surface area (Å²) < 4.78 is 0. The van der Waals surface area contributed by atoms with Gasteiger partial charge in [-0.15, -0.1) is 0 Å². The monoisotopic (exact) mass is 153 g/mol. The zero-order valence-electron chi connectivity index (χ0n) is 7.01. The van der Waals surface area contributed by atoms with Crippen LogP contribution in [0, 0.1) is 5.41 Å². The predicted molar refractivity (Wildman–Crippen MR) is 45.7 cm³/mol. The largest absolute Gasteiger partial charge is 0.317 e. The molecule has 0 unspecified atom stereocenters. The van der Waals surface area contributed by atoms with Crippen LogP contribution in [0.1, 0.15) is 12.8 Å². The molecule has 0 aromatic carbocycles. The molecule has 0 saturated carbocycles. The molecule has 2 rings (SSSR count). The third kappa shape index (κ3) is 1.25. The molecular weight excluding hydrogens is 138 g/mol. The van der Waals surface area contributed by atoms with Gasteiger partial charge in [0.1, 0.15) is 0 Å². The summed E-state index contributed by atoms with van der Waals surface area (Å²) in [6, 6.07) is 0. The Balaban J connectivity index is 2.05. The van der Waals surface area contributed by atoms with Gasteiger partial charge in [-0.1, -0.05) is 0 Å². The zero-order valence-corrected chi connectivity index (χ0v) is 7.01. The van der Waals surface area contributed by atoms with E-state index < -0.39 is 0 Å². The minimum absolute atomic E-state index is 0.417. The highest BCUT2D eigenvalue weighted by Gasteiger charge is 2.34. The summed E-state index contributed by atoms with van der Waals surface area (Å²) in [6.45, 7) is 3.42. The van der Waals surface area contributed by atoms with Gasteiger partial charge in [-0.25, -0.2) is 0 Å². The molecule has 62 valence electrons. The Labute approximate surface area is 67.5 Å². The van der Waals surface area contributed by atoms with E-state index in [1.54, 1.807) is 0 Å². The number of nitrogens with one attached hydrogen (secondary N) is 1. The summed E-state index contributed by atoms with van der Waals surface area (Å²) in [6.07, 6.45) is 4.65. The van der Waals surface area contributed by atoms with Crippen molar-refractivity contribution in [1.29, 1.82) is 0 Å². The van der Waals surface area contributed by atoms with Crippen LogP contribution in [-0.4, -0.2) is 37.9 Å². The van der Waals surface area contributed by atoms with E-state index in [0.29, 0.717) is 5.41 Å². The molecule has 0 amide bonds. The summed E-state index contributed by atoms with van der Waals surface area (Å²) in [7, 11) is 2.05. The normalized spacial score (nSPS) is 28.3. The van der Waals surface area contributed by atoms with E-state index >= 15 is 0 Å². The average Bonchev–Trinajstić information content (AvgIpc) is 2.34. The summed E-state index contributed by atoms with van der Waals surface area (Å²) in [5.41, 5.74) is 0.417. The quantitative estimate of drug-likeness (QED) is 0.541. The molecule has 1 fully saturated rings. The molecular formula is C8H15N3. The highest BCUT2D eigenvalue weighted by Crippen LogP contribution is 2.30. The lowest BCUT2D eigenvalue weighted by molar-refractivity contribution is 0.237. The second-order valence-corrected chi connectivity index (χ2v) is 3.67. The van der Waals surface area contributed by atoms with Gasteiger partial charge in [0.15, 0.2) is 0 Å². The lowest BCUT2D eigenvalue weighted by atomic mass is 9.81. The molecule has 2 heterocycles. The molecule has 3 heteroatoms. The Morgan fingerprint density at radius 1 is 1.45 bits per heavy atom. The Morgan fingerprint density at radius 3 is 2.73 bits per heavy atom. The fraction of sp³-hybridized carbons (Fsp3) is 0.875. The number of piperidine rings is 1. The lowest BCUT2D eigenvalue weighted by Crippen LogP contribution is -2.40. The Kier molecular flexibility index (Phi) is 1.60. The van der Waals surface area contributed by atoms with Crippen molar-refractivity contribution >= 4 is 6.21 Å². The van der Waals surface area contributed by atoms with Gasteiger partial charge in [0.25, 0.3) is 0 Å². The predicted octanol–water partition coefficient (Wildman–Crippen LogP) is 0.287. The van der Waals surface area contributed by atoms with Gasteiger partial charge in [0.2, 0.25) is 0 Å². The van der Waals surface area contributed by atoms with Crippen molar-refractivity contribution < 1.29 is 0 Å². The van der Waals surface area contributed by atoms with E-state index in [1.807, 2.05) is 12.1 Å². The first kappa shape index (κ1) is 7.10. The van der Waals surface area contributed by atoms with Crippen molar-refractivity contribution in [2.45, 2.75) is 12.8 Å². The van der Waals surface area contributed by atoms with E-state index in [1.165, 1.54) is 12.8 Å². The standard InChI is InChI=1S/C8H15N3/c1-11-7-8(6-10-11)2-4-9-5-3-8/h6,9H,2-5,7H2,1H3. The number of hydrogen-bond acceptors (Lipinski definition) is 3. The third-order valence-electron chi connectivity index (χ3n) is 2.67. The van der Waals surface area contributed by atoms with Crippen LogP contribution in [0.5, 0.6) is 0 Å². The van der Waals surface area contributed by atoms with Crippen molar-refractivity contribution in [3.05, 3.63) is 0 Å². The molecule has 0 bridgehead atoms. The molecule has 0 radical (unpaired) electrons. The summed E-state index contributed by atoms with van der Waals surface area (Å²) in [4.78, 5) is 0. The molecule has 0 aliphatic carbocycles. The Hall–Kier alpha value is -0.570. The van der Waals surface area contributed by atoms with Crippen molar-refractivity contribution in [1.82, 2.24) is 10.3 Å². The Bertz CT molecular complexity index is 170. The zero-order chi connectivity index (χ0) is 7.73. The second kappa shape index (κ2) is 2.48. The van der Waals surface area contributed by atoms with E-state index in [0.717, 1.165) is 19.6 Å². The first-order chi connectivity index (χ1) is 5.31. The van der Waals surface area contributed by atoms with Crippen LogP contribution < -0.4 is 5.32 Å². The van der Waals surface area contributed by atoms with E-state index in [9.17, 15) is 0 Å². The van der Waals surface area contributed by atoms with Gasteiger partial charge < -0.3 is 5.32 Å². The van der Waals surface area contributed by atoms with Crippen LogP contribution in [0.15, 0.2) is 5.10 Å². The van der Waals surface area contributed by atoms with E-state index in [2.05, 4.69) is 16.6 Å². The molecule has 11 heavy (non-hydrogen) atoms. The van der Waals surface area contributed by atoms with Crippen LogP contribution in [0.4, 0.5) is 0 Å². The number of nitrogens with zero attached hydrogens (tertiary/aromatic N) is 2.